The van der Waals surface area contributed by atoms with Crippen molar-refractivity contribution < 1.29 is 19.3 Å². The molecular weight excluding hydrogens is 376 g/mol. The van der Waals surface area contributed by atoms with Crippen LogP contribution in [0.25, 0.3) is 0 Å². The molecular formula is C15H14N6O5S. The van der Waals surface area contributed by atoms with Crippen molar-refractivity contribution in [3.63, 3.8) is 0 Å². The molecule has 3 amide bonds. The molecule has 1 aliphatic rings. The molecule has 0 fully saturated rings. The summed E-state index contributed by atoms with van der Waals surface area (Å²) in [6.45, 7) is 1.73. The van der Waals surface area contributed by atoms with Crippen LogP contribution in [0.5, 0.6) is 0 Å². The van der Waals surface area contributed by atoms with E-state index >= 15 is 0 Å². The van der Waals surface area contributed by atoms with Gasteiger partial charge in [0.1, 0.15) is 5.56 Å². The number of fused-ring (bicyclic) bond motifs is 1. The monoisotopic (exact) mass is 390 g/mol. The van der Waals surface area contributed by atoms with Crippen LogP contribution in [-0.2, 0) is 4.79 Å². The molecule has 0 saturated carbocycles. The van der Waals surface area contributed by atoms with Crippen molar-refractivity contribution in [2.24, 2.45) is 0 Å². The van der Waals surface area contributed by atoms with Crippen molar-refractivity contribution in [1.82, 2.24) is 20.1 Å². The maximum absolute atomic E-state index is 12.4. The predicted octanol–water partition coefficient (Wildman–Crippen LogP) is 1.45. The summed E-state index contributed by atoms with van der Waals surface area (Å²) in [5.41, 5.74) is -0.712. The number of nitrogens with one attached hydrogen (secondary N) is 2. The summed E-state index contributed by atoms with van der Waals surface area (Å²) in [6, 6.07) is 3.86. The highest BCUT2D eigenvalue weighted by Crippen LogP contribution is 2.30. The summed E-state index contributed by atoms with van der Waals surface area (Å²) >= 11 is 1.40. The standard InChI is InChI=1S/C15H14N6O5S/c1-2-27-15-17-14(18-19-15)16-10(22)6-7-20-12(23)8-4-3-5-9(21(25)26)11(8)13(20)24/h3-5H,2,6-7H2,1H3,(H2,16,17,18,19,22). The second-order valence-electron chi connectivity index (χ2n) is 5.42. The van der Waals surface area contributed by atoms with E-state index < -0.39 is 28.3 Å². The molecule has 1 aromatic carbocycles. The number of hydrogen-bond acceptors (Lipinski definition) is 8. The van der Waals surface area contributed by atoms with Crippen molar-refractivity contribution in [3.05, 3.63) is 39.4 Å². The van der Waals surface area contributed by atoms with Crippen LogP contribution in [0, 0.1) is 10.1 Å². The summed E-state index contributed by atoms with van der Waals surface area (Å²) in [6.07, 6.45) is -0.184. The van der Waals surface area contributed by atoms with Gasteiger partial charge >= 0.3 is 0 Å². The molecule has 2 N–H and O–H groups in total. The maximum atomic E-state index is 12.4. The minimum Gasteiger partial charge on any atom is -0.295 e. The van der Waals surface area contributed by atoms with Crippen LogP contribution >= 0.6 is 11.8 Å². The Balaban J connectivity index is 1.65. The third-order valence-corrected chi connectivity index (χ3v) is 4.46. The van der Waals surface area contributed by atoms with Gasteiger partial charge in [0.15, 0.2) is 0 Å². The van der Waals surface area contributed by atoms with E-state index in [0.717, 1.165) is 16.7 Å². The second-order valence-corrected chi connectivity index (χ2v) is 6.65. The van der Waals surface area contributed by atoms with Gasteiger partial charge in [-0.2, -0.15) is 4.98 Å². The quantitative estimate of drug-likeness (QED) is 0.312. The number of thioether (sulfide) groups is 1. The Hall–Kier alpha value is -3.28. The molecule has 0 bridgehead atoms. The van der Waals surface area contributed by atoms with Crippen molar-refractivity contribution in [3.8, 4) is 0 Å². The van der Waals surface area contributed by atoms with Gasteiger partial charge in [0.2, 0.25) is 17.0 Å². The molecule has 140 valence electrons. The highest BCUT2D eigenvalue weighted by atomic mass is 32.2. The fourth-order valence-electron chi connectivity index (χ4n) is 2.57. The minimum absolute atomic E-state index is 0.0360. The molecule has 0 radical (unpaired) electrons. The smallest absolute Gasteiger partial charge is 0.282 e. The number of rotatable bonds is 7. The van der Waals surface area contributed by atoms with Gasteiger partial charge in [0.05, 0.1) is 10.5 Å². The van der Waals surface area contributed by atoms with E-state index in [4.69, 9.17) is 0 Å². The zero-order valence-electron chi connectivity index (χ0n) is 14.1. The summed E-state index contributed by atoms with van der Waals surface area (Å²) < 4.78 is 0. The summed E-state index contributed by atoms with van der Waals surface area (Å²) in [5, 5.41) is 20.5. The molecule has 0 spiro atoms. The van der Waals surface area contributed by atoms with E-state index in [-0.39, 0.29) is 30.0 Å². The van der Waals surface area contributed by atoms with Crippen molar-refractivity contribution in [1.29, 1.82) is 0 Å². The molecule has 0 atom stereocenters. The number of H-pyrrole nitrogens is 1. The minimum atomic E-state index is -0.781. The summed E-state index contributed by atoms with van der Waals surface area (Å²) in [4.78, 5) is 52.0. The number of nitrogens with zero attached hydrogens (tertiary/aromatic N) is 4. The van der Waals surface area contributed by atoms with Gasteiger partial charge in [-0.05, 0) is 11.8 Å². The lowest BCUT2D eigenvalue weighted by Gasteiger charge is -2.12. The summed E-state index contributed by atoms with van der Waals surface area (Å²) in [5.74, 6) is -0.986. The number of aromatic nitrogens is 3. The number of carbonyl (C=O) groups excluding carboxylic acids is 3. The SMILES string of the molecule is CCSc1n[nH]c(NC(=O)CCN2C(=O)c3cccc([N+](=O)[O-])c3C2=O)n1. The molecule has 0 aliphatic carbocycles. The lowest BCUT2D eigenvalue weighted by molar-refractivity contribution is -0.385. The Kier molecular flexibility index (Phi) is 5.16. The molecule has 2 aromatic rings. The number of benzene rings is 1. The first-order chi connectivity index (χ1) is 12.9. The summed E-state index contributed by atoms with van der Waals surface area (Å²) in [7, 11) is 0. The number of carbonyl (C=O) groups is 3. The largest absolute Gasteiger partial charge is 0.295 e. The molecule has 11 nitrogen and oxygen atoms in total. The highest BCUT2D eigenvalue weighted by Gasteiger charge is 2.40. The molecule has 1 aromatic heterocycles. The fourth-order valence-corrected chi connectivity index (χ4v) is 3.10. The predicted molar refractivity (Wildman–Crippen MR) is 94.5 cm³/mol. The van der Waals surface area contributed by atoms with Gasteiger partial charge in [-0.25, -0.2) is 5.10 Å². The Morgan fingerprint density at radius 1 is 1.37 bits per heavy atom. The third-order valence-electron chi connectivity index (χ3n) is 3.73. The third kappa shape index (κ3) is 3.65. The number of hydrogen-bond donors (Lipinski definition) is 2. The molecule has 12 heteroatoms. The lowest BCUT2D eigenvalue weighted by Crippen LogP contribution is -2.33. The zero-order valence-corrected chi connectivity index (χ0v) is 14.9. The molecule has 1 aliphatic heterocycles. The first kappa shape index (κ1) is 18.5. The van der Waals surface area contributed by atoms with Crippen LogP contribution < -0.4 is 5.32 Å². The van der Waals surface area contributed by atoms with E-state index in [0.29, 0.717) is 5.16 Å². The Labute approximate surface area is 156 Å². The van der Waals surface area contributed by atoms with Crippen LogP contribution in [0.15, 0.2) is 23.4 Å². The highest BCUT2D eigenvalue weighted by molar-refractivity contribution is 7.99. The topological polar surface area (TPSA) is 151 Å². The van der Waals surface area contributed by atoms with E-state index in [1.807, 2.05) is 6.92 Å². The first-order valence-electron chi connectivity index (χ1n) is 7.91. The van der Waals surface area contributed by atoms with Gasteiger partial charge in [0, 0.05) is 19.0 Å². The van der Waals surface area contributed by atoms with Crippen molar-refractivity contribution in [2.75, 3.05) is 17.6 Å². The molecule has 27 heavy (non-hydrogen) atoms. The number of amides is 3. The molecule has 2 heterocycles. The van der Waals surface area contributed by atoms with Crippen LogP contribution in [0.3, 0.4) is 0 Å². The average molecular weight is 390 g/mol. The number of anilines is 1. The zero-order chi connectivity index (χ0) is 19.6. The van der Waals surface area contributed by atoms with E-state index in [1.165, 1.54) is 23.9 Å². The molecule has 3 rings (SSSR count). The molecule has 0 unspecified atom stereocenters. The number of nitro benzene ring substituents is 1. The van der Waals surface area contributed by atoms with Gasteiger partial charge in [-0.15, -0.1) is 5.10 Å². The van der Waals surface area contributed by atoms with Gasteiger partial charge < -0.3 is 0 Å². The van der Waals surface area contributed by atoms with Crippen molar-refractivity contribution >= 4 is 41.1 Å². The van der Waals surface area contributed by atoms with Crippen LogP contribution in [0.2, 0.25) is 0 Å². The van der Waals surface area contributed by atoms with Crippen molar-refractivity contribution in [2.45, 2.75) is 18.5 Å². The maximum Gasteiger partial charge on any atom is 0.282 e. The number of aromatic amines is 1. The van der Waals surface area contributed by atoms with E-state index in [2.05, 4.69) is 20.5 Å². The average Bonchev–Trinajstić information content (AvgIpc) is 3.17. The number of imide groups is 1. The van der Waals surface area contributed by atoms with E-state index in [1.54, 1.807) is 0 Å². The second kappa shape index (κ2) is 7.53. The van der Waals surface area contributed by atoms with Crippen LogP contribution in [-0.4, -0.2) is 55.0 Å². The lowest BCUT2D eigenvalue weighted by atomic mass is 10.1. The first-order valence-corrected chi connectivity index (χ1v) is 8.89. The van der Waals surface area contributed by atoms with Gasteiger partial charge in [-0.3, -0.25) is 34.7 Å². The Morgan fingerprint density at radius 3 is 2.85 bits per heavy atom. The van der Waals surface area contributed by atoms with Gasteiger partial charge in [-0.1, -0.05) is 24.8 Å². The van der Waals surface area contributed by atoms with Crippen LogP contribution in [0.1, 0.15) is 34.1 Å². The Morgan fingerprint density at radius 2 is 2.15 bits per heavy atom. The fraction of sp³-hybridized carbons (Fsp3) is 0.267. The normalized spacial score (nSPS) is 13.0. The van der Waals surface area contributed by atoms with Gasteiger partial charge in [0.25, 0.3) is 17.5 Å². The number of nitro groups is 1. The van der Waals surface area contributed by atoms with E-state index in [9.17, 15) is 24.5 Å². The van der Waals surface area contributed by atoms with Crippen LogP contribution in [0.4, 0.5) is 11.6 Å². The Bertz CT molecular complexity index is 943. The molecule has 0 saturated heterocycles.